The third-order valence-corrected chi connectivity index (χ3v) is 6.19. The first-order chi connectivity index (χ1) is 15.6. The van der Waals surface area contributed by atoms with Crippen LogP contribution >= 0.6 is 0 Å². The Balaban J connectivity index is 1.48. The fourth-order valence-electron chi connectivity index (χ4n) is 4.76. The van der Waals surface area contributed by atoms with Crippen molar-refractivity contribution in [1.82, 2.24) is 15.1 Å². The minimum absolute atomic E-state index is 0.0563. The predicted molar refractivity (Wildman–Crippen MR) is 129 cm³/mol. The first-order valence-corrected chi connectivity index (χ1v) is 11.1. The van der Waals surface area contributed by atoms with Crippen LogP contribution in [-0.2, 0) is 0 Å². The number of hydrogen-bond acceptors (Lipinski definition) is 4. The van der Waals surface area contributed by atoms with Gasteiger partial charge in [0.1, 0.15) is 5.69 Å². The Bertz CT molecular complexity index is 1230. The molecule has 0 aliphatic carbocycles. The highest BCUT2D eigenvalue weighted by molar-refractivity contribution is 6.00. The molecule has 0 N–H and O–H groups in total. The molecule has 32 heavy (non-hydrogen) atoms. The summed E-state index contributed by atoms with van der Waals surface area (Å²) in [5.41, 5.74) is 2.68. The van der Waals surface area contributed by atoms with Crippen LogP contribution in [0.15, 0.2) is 84.9 Å². The van der Waals surface area contributed by atoms with Gasteiger partial charge in [0.05, 0.1) is 0 Å². The minimum atomic E-state index is 0.0563. The van der Waals surface area contributed by atoms with Crippen LogP contribution in [0.5, 0.6) is 0 Å². The van der Waals surface area contributed by atoms with Crippen molar-refractivity contribution in [3.05, 3.63) is 90.5 Å². The van der Waals surface area contributed by atoms with Crippen LogP contribution in [0.4, 0.5) is 5.82 Å². The van der Waals surface area contributed by atoms with E-state index in [1.54, 1.807) is 0 Å². The Morgan fingerprint density at radius 2 is 1.31 bits per heavy atom. The van der Waals surface area contributed by atoms with Crippen LogP contribution in [0.3, 0.4) is 0 Å². The van der Waals surface area contributed by atoms with Gasteiger partial charge in [-0.15, -0.1) is 10.2 Å². The number of fused-ring (bicyclic) bond motifs is 1. The fraction of sp³-hybridized carbons (Fsp3) is 0.222. The van der Waals surface area contributed by atoms with E-state index in [0.717, 1.165) is 33.4 Å². The molecule has 0 bridgehead atoms. The summed E-state index contributed by atoms with van der Waals surface area (Å²) in [4.78, 5) is 17.4. The van der Waals surface area contributed by atoms with E-state index in [1.165, 1.54) is 0 Å². The maximum Gasteiger partial charge on any atom is 0.254 e. The zero-order chi connectivity index (χ0) is 22.1. The van der Waals surface area contributed by atoms with Crippen molar-refractivity contribution in [3.63, 3.8) is 0 Å². The molecule has 2 heterocycles. The second kappa shape index (κ2) is 8.42. The Morgan fingerprint density at radius 3 is 1.97 bits per heavy atom. The molecular formula is C27H26N4O. The number of rotatable bonds is 3. The van der Waals surface area contributed by atoms with Crippen molar-refractivity contribution < 1.29 is 4.79 Å². The number of nitrogens with zero attached hydrogens (tertiary/aromatic N) is 4. The van der Waals surface area contributed by atoms with Crippen LogP contribution < -0.4 is 4.90 Å². The van der Waals surface area contributed by atoms with E-state index in [0.29, 0.717) is 13.1 Å². The van der Waals surface area contributed by atoms with E-state index in [9.17, 15) is 4.79 Å². The molecule has 1 saturated heterocycles. The number of carbonyl (C=O) groups is 1. The van der Waals surface area contributed by atoms with E-state index in [4.69, 9.17) is 0 Å². The van der Waals surface area contributed by atoms with Gasteiger partial charge in [-0.05, 0) is 26.0 Å². The van der Waals surface area contributed by atoms with Crippen LogP contribution in [0.2, 0.25) is 0 Å². The molecule has 0 spiro atoms. The number of hydrogen-bond donors (Lipinski definition) is 0. The van der Waals surface area contributed by atoms with Crippen molar-refractivity contribution in [3.8, 4) is 11.3 Å². The van der Waals surface area contributed by atoms with Crippen LogP contribution in [0.25, 0.3) is 22.0 Å². The SMILES string of the molecule is CC1CN(c2nnc(-c3ccccc3)c3ccccc23)CC(C)N1C(=O)c1ccccc1. The summed E-state index contributed by atoms with van der Waals surface area (Å²) in [7, 11) is 0. The molecule has 3 aromatic carbocycles. The number of carbonyl (C=O) groups excluding carboxylic acids is 1. The molecule has 2 atom stereocenters. The number of aromatic nitrogens is 2. The van der Waals surface area contributed by atoms with Crippen LogP contribution in [0, 0.1) is 0 Å². The molecule has 1 aliphatic heterocycles. The Morgan fingerprint density at radius 1 is 0.750 bits per heavy atom. The standard InChI is InChI=1S/C27H26N4O/c1-19-17-30(18-20(2)31(19)27(32)22-13-7-4-8-14-22)26-24-16-10-9-15-23(24)25(28-29-26)21-11-5-3-6-12-21/h3-16,19-20H,17-18H2,1-2H3. The average Bonchev–Trinajstić information content (AvgIpc) is 2.84. The second-order valence-corrected chi connectivity index (χ2v) is 8.47. The molecule has 4 aromatic rings. The lowest BCUT2D eigenvalue weighted by Crippen LogP contribution is -2.59. The summed E-state index contributed by atoms with van der Waals surface area (Å²) in [6.07, 6.45) is 0. The fourth-order valence-corrected chi connectivity index (χ4v) is 4.76. The lowest BCUT2D eigenvalue weighted by atomic mass is 10.0. The van der Waals surface area contributed by atoms with Gasteiger partial charge in [0, 0.05) is 47.1 Å². The summed E-state index contributed by atoms with van der Waals surface area (Å²) in [5, 5.41) is 11.5. The lowest BCUT2D eigenvalue weighted by molar-refractivity contribution is 0.0574. The van der Waals surface area contributed by atoms with Gasteiger partial charge in [0.15, 0.2) is 5.82 Å². The van der Waals surface area contributed by atoms with Gasteiger partial charge in [0.2, 0.25) is 0 Å². The molecule has 160 valence electrons. The van der Waals surface area contributed by atoms with E-state index < -0.39 is 0 Å². The highest BCUT2D eigenvalue weighted by Crippen LogP contribution is 2.33. The van der Waals surface area contributed by atoms with Gasteiger partial charge in [0.25, 0.3) is 5.91 Å². The predicted octanol–water partition coefficient (Wildman–Crippen LogP) is 5.04. The van der Waals surface area contributed by atoms with Gasteiger partial charge in [-0.25, -0.2) is 0 Å². The molecular weight excluding hydrogens is 396 g/mol. The normalized spacial score (nSPS) is 18.7. The molecule has 2 unspecified atom stereocenters. The second-order valence-electron chi connectivity index (χ2n) is 8.47. The van der Waals surface area contributed by atoms with Crippen molar-refractivity contribution in [1.29, 1.82) is 0 Å². The molecule has 5 heteroatoms. The summed E-state index contributed by atoms with van der Waals surface area (Å²) in [5.74, 6) is 0.964. The van der Waals surface area contributed by atoms with E-state index in [-0.39, 0.29) is 18.0 Å². The molecule has 5 rings (SSSR count). The van der Waals surface area contributed by atoms with Crippen molar-refractivity contribution in [2.24, 2.45) is 0 Å². The van der Waals surface area contributed by atoms with Gasteiger partial charge in [-0.3, -0.25) is 4.79 Å². The molecule has 0 radical (unpaired) electrons. The number of piperazine rings is 1. The van der Waals surface area contributed by atoms with Gasteiger partial charge < -0.3 is 9.80 Å². The smallest absolute Gasteiger partial charge is 0.254 e. The summed E-state index contributed by atoms with van der Waals surface area (Å²) in [6.45, 7) is 5.65. The molecule has 0 saturated carbocycles. The Kier molecular flexibility index (Phi) is 5.31. The Hall–Kier alpha value is -3.73. The first kappa shape index (κ1) is 20.2. The zero-order valence-electron chi connectivity index (χ0n) is 18.3. The maximum absolute atomic E-state index is 13.2. The Labute approximate surface area is 188 Å². The summed E-state index contributed by atoms with van der Waals surface area (Å²) in [6, 6.07) is 28.1. The quantitative estimate of drug-likeness (QED) is 0.464. The van der Waals surface area contributed by atoms with Crippen molar-refractivity contribution in [2.75, 3.05) is 18.0 Å². The zero-order valence-corrected chi connectivity index (χ0v) is 18.3. The topological polar surface area (TPSA) is 49.3 Å². The number of benzene rings is 3. The maximum atomic E-state index is 13.2. The molecule has 1 aromatic heterocycles. The molecule has 1 amide bonds. The third kappa shape index (κ3) is 3.60. The molecule has 5 nitrogen and oxygen atoms in total. The van der Waals surface area contributed by atoms with Crippen LogP contribution in [-0.4, -0.2) is 46.2 Å². The number of amides is 1. The van der Waals surface area contributed by atoms with Gasteiger partial charge >= 0.3 is 0 Å². The number of anilines is 1. The van der Waals surface area contributed by atoms with Crippen LogP contribution in [0.1, 0.15) is 24.2 Å². The highest BCUT2D eigenvalue weighted by Gasteiger charge is 2.34. The molecule has 1 fully saturated rings. The molecule has 1 aliphatic rings. The van der Waals surface area contributed by atoms with Crippen molar-refractivity contribution >= 4 is 22.5 Å². The van der Waals surface area contributed by atoms with E-state index in [2.05, 4.69) is 53.2 Å². The largest absolute Gasteiger partial charge is 0.351 e. The monoisotopic (exact) mass is 422 g/mol. The van der Waals surface area contributed by atoms with Gasteiger partial charge in [-0.2, -0.15) is 0 Å². The van der Waals surface area contributed by atoms with Gasteiger partial charge in [-0.1, -0.05) is 72.8 Å². The van der Waals surface area contributed by atoms with Crippen molar-refractivity contribution in [2.45, 2.75) is 25.9 Å². The average molecular weight is 423 g/mol. The summed E-state index contributed by atoms with van der Waals surface area (Å²) < 4.78 is 0. The third-order valence-electron chi connectivity index (χ3n) is 6.19. The van der Waals surface area contributed by atoms with E-state index in [1.807, 2.05) is 65.6 Å². The highest BCUT2D eigenvalue weighted by atomic mass is 16.2. The van der Waals surface area contributed by atoms with E-state index >= 15 is 0 Å². The lowest BCUT2D eigenvalue weighted by Gasteiger charge is -2.45. The first-order valence-electron chi connectivity index (χ1n) is 11.1. The summed E-state index contributed by atoms with van der Waals surface area (Å²) >= 11 is 0. The minimum Gasteiger partial charge on any atom is -0.351 e.